The van der Waals surface area contributed by atoms with Gasteiger partial charge in [-0.2, -0.15) is 0 Å². The Balaban J connectivity index is 1.47. The number of amides is 1. The van der Waals surface area contributed by atoms with Crippen LogP contribution >= 0.6 is 11.8 Å². The average Bonchev–Trinajstić information content (AvgIpc) is 3.32. The second-order valence-corrected chi connectivity index (χ2v) is 8.81. The van der Waals surface area contributed by atoms with Gasteiger partial charge in [-0.15, -0.1) is 11.8 Å². The molecule has 0 unspecified atom stereocenters. The van der Waals surface area contributed by atoms with Gasteiger partial charge in [0.1, 0.15) is 5.82 Å². The van der Waals surface area contributed by atoms with E-state index in [2.05, 4.69) is 23.4 Å². The van der Waals surface area contributed by atoms with Crippen LogP contribution in [0.25, 0.3) is 11.0 Å². The van der Waals surface area contributed by atoms with Crippen molar-refractivity contribution in [3.63, 3.8) is 0 Å². The van der Waals surface area contributed by atoms with E-state index >= 15 is 0 Å². The molecule has 1 amide bonds. The zero-order valence-corrected chi connectivity index (χ0v) is 17.2. The summed E-state index contributed by atoms with van der Waals surface area (Å²) in [6.07, 6.45) is 4.67. The number of benzene rings is 1. The average molecular weight is 395 g/mol. The summed E-state index contributed by atoms with van der Waals surface area (Å²) in [4.78, 5) is 25.0. The highest BCUT2D eigenvalue weighted by atomic mass is 32.2. The maximum atomic E-state index is 12.7. The molecule has 28 heavy (non-hydrogen) atoms. The SMILES string of the molecule is CC(C)Cn1c([C@@H]2CCN(C(=O)CSc3ccccc3)C2)nc2ccncc21. The smallest absolute Gasteiger partial charge is 0.232 e. The summed E-state index contributed by atoms with van der Waals surface area (Å²) in [6.45, 7) is 6.92. The molecular weight excluding hydrogens is 368 g/mol. The molecule has 4 rings (SSSR count). The molecule has 0 spiro atoms. The molecule has 2 aromatic heterocycles. The zero-order valence-electron chi connectivity index (χ0n) is 16.4. The quantitative estimate of drug-likeness (QED) is 0.588. The molecule has 1 atom stereocenters. The van der Waals surface area contributed by atoms with Crippen molar-refractivity contribution in [2.24, 2.45) is 5.92 Å². The van der Waals surface area contributed by atoms with E-state index in [0.717, 1.165) is 47.8 Å². The number of rotatable bonds is 6. The molecule has 3 heterocycles. The summed E-state index contributed by atoms with van der Waals surface area (Å²) < 4.78 is 2.31. The van der Waals surface area contributed by atoms with Crippen LogP contribution in [-0.2, 0) is 11.3 Å². The van der Waals surface area contributed by atoms with Gasteiger partial charge in [-0.05, 0) is 30.5 Å². The molecule has 0 bridgehead atoms. The summed E-state index contributed by atoms with van der Waals surface area (Å²) >= 11 is 1.61. The van der Waals surface area contributed by atoms with E-state index in [1.807, 2.05) is 47.5 Å². The van der Waals surface area contributed by atoms with Crippen molar-refractivity contribution in [3.8, 4) is 0 Å². The minimum atomic E-state index is 0.213. The molecule has 0 N–H and O–H groups in total. The molecule has 0 aliphatic carbocycles. The second-order valence-electron chi connectivity index (χ2n) is 7.77. The van der Waals surface area contributed by atoms with Crippen LogP contribution in [0.4, 0.5) is 0 Å². The maximum Gasteiger partial charge on any atom is 0.232 e. The molecule has 1 aliphatic rings. The van der Waals surface area contributed by atoms with Crippen LogP contribution in [0.2, 0.25) is 0 Å². The molecule has 0 saturated carbocycles. The first-order valence-corrected chi connectivity index (χ1v) is 10.9. The summed E-state index contributed by atoms with van der Waals surface area (Å²) in [5.74, 6) is 2.62. The Morgan fingerprint density at radius 3 is 2.86 bits per heavy atom. The fourth-order valence-electron chi connectivity index (χ4n) is 3.81. The van der Waals surface area contributed by atoms with E-state index in [9.17, 15) is 4.79 Å². The molecular formula is C22H26N4OS. The number of hydrogen-bond acceptors (Lipinski definition) is 4. The van der Waals surface area contributed by atoms with Gasteiger partial charge in [0.2, 0.25) is 5.91 Å². The molecule has 5 nitrogen and oxygen atoms in total. The van der Waals surface area contributed by atoms with E-state index in [4.69, 9.17) is 4.98 Å². The highest BCUT2D eigenvalue weighted by Crippen LogP contribution is 2.30. The van der Waals surface area contributed by atoms with Crippen molar-refractivity contribution in [2.45, 2.75) is 37.6 Å². The van der Waals surface area contributed by atoms with Gasteiger partial charge in [-0.3, -0.25) is 9.78 Å². The number of thioether (sulfide) groups is 1. The maximum absolute atomic E-state index is 12.7. The number of pyridine rings is 1. The van der Waals surface area contributed by atoms with Gasteiger partial charge in [0.05, 0.1) is 23.0 Å². The first kappa shape index (κ1) is 19.0. The van der Waals surface area contributed by atoms with E-state index in [1.165, 1.54) is 0 Å². The van der Waals surface area contributed by atoms with Crippen molar-refractivity contribution >= 4 is 28.7 Å². The predicted octanol–water partition coefficient (Wildman–Crippen LogP) is 4.20. The van der Waals surface area contributed by atoms with Gasteiger partial charge in [0.25, 0.3) is 0 Å². The Morgan fingerprint density at radius 2 is 2.07 bits per heavy atom. The van der Waals surface area contributed by atoms with Crippen LogP contribution in [0.15, 0.2) is 53.7 Å². The summed E-state index contributed by atoms with van der Waals surface area (Å²) in [5.41, 5.74) is 2.09. The fourth-order valence-corrected chi connectivity index (χ4v) is 4.63. The van der Waals surface area contributed by atoms with Gasteiger partial charge >= 0.3 is 0 Å². The first-order valence-electron chi connectivity index (χ1n) is 9.87. The van der Waals surface area contributed by atoms with Crippen LogP contribution < -0.4 is 0 Å². The van der Waals surface area contributed by atoms with E-state index in [-0.39, 0.29) is 11.8 Å². The van der Waals surface area contributed by atoms with E-state index in [1.54, 1.807) is 18.0 Å². The second kappa shape index (κ2) is 8.35. The number of likely N-dealkylation sites (tertiary alicyclic amines) is 1. The number of carbonyl (C=O) groups is 1. The standard InChI is InChI=1S/C22H26N4OS/c1-16(2)13-26-20-12-23-10-8-19(20)24-22(26)17-9-11-25(14-17)21(27)15-28-18-6-4-3-5-7-18/h3-8,10,12,16-17H,9,11,13-15H2,1-2H3/t17-/m1/s1. The highest BCUT2D eigenvalue weighted by molar-refractivity contribution is 8.00. The van der Waals surface area contributed by atoms with Crippen molar-refractivity contribution in [1.29, 1.82) is 0 Å². The number of fused-ring (bicyclic) bond motifs is 1. The molecule has 0 radical (unpaired) electrons. The van der Waals surface area contributed by atoms with Crippen molar-refractivity contribution in [1.82, 2.24) is 19.4 Å². The Kier molecular flexibility index (Phi) is 5.67. The van der Waals surface area contributed by atoms with Crippen molar-refractivity contribution in [2.75, 3.05) is 18.8 Å². The zero-order chi connectivity index (χ0) is 19.5. The molecule has 1 fully saturated rings. The highest BCUT2D eigenvalue weighted by Gasteiger charge is 2.31. The number of carbonyl (C=O) groups excluding carboxylic acids is 1. The van der Waals surface area contributed by atoms with Crippen LogP contribution in [0, 0.1) is 5.92 Å². The monoisotopic (exact) mass is 394 g/mol. The lowest BCUT2D eigenvalue weighted by Gasteiger charge is -2.18. The van der Waals surface area contributed by atoms with Gasteiger partial charge in [-0.1, -0.05) is 32.0 Å². The lowest BCUT2D eigenvalue weighted by atomic mass is 10.1. The third-order valence-electron chi connectivity index (χ3n) is 5.14. The lowest BCUT2D eigenvalue weighted by Crippen LogP contribution is -2.30. The van der Waals surface area contributed by atoms with Gasteiger partial charge in [-0.25, -0.2) is 4.98 Å². The molecule has 1 aliphatic heterocycles. The van der Waals surface area contributed by atoms with Crippen molar-refractivity contribution in [3.05, 3.63) is 54.6 Å². The summed E-state index contributed by atoms with van der Waals surface area (Å²) in [7, 11) is 0. The van der Waals surface area contributed by atoms with Gasteiger partial charge in [0, 0.05) is 36.6 Å². The van der Waals surface area contributed by atoms with E-state index < -0.39 is 0 Å². The van der Waals surface area contributed by atoms with Crippen LogP contribution in [0.3, 0.4) is 0 Å². The number of aromatic nitrogens is 3. The molecule has 1 aromatic carbocycles. The Bertz CT molecular complexity index is 954. The van der Waals surface area contributed by atoms with Crippen LogP contribution in [0.5, 0.6) is 0 Å². The Morgan fingerprint density at radius 1 is 1.25 bits per heavy atom. The summed E-state index contributed by atoms with van der Waals surface area (Å²) in [6, 6.07) is 12.1. The largest absolute Gasteiger partial charge is 0.341 e. The Hall–Kier alpha value is -2.34. The van der Waals surface area contributed by atoms with Crippen LogP contribution in [0.1, 0.15) is 32.0 Å². The normalized spacial score (nSPS) is 17.0. The van der Waals surface area contributed by atoms with Gasteiger partial charge in [0.15, 0.2) is 0 Å². The molecule has 146 valence electrons. The predicted molar refractivity (Wildman–Crippen MR) is 113 cm³/mol. The van der Waals surface area contributed by atoms with Gasteiger partial charge < -0.3 is 9.47 Å². The summed E-state index contributed by atoms with van der Waals surface area (Å²) in [5, 5.41) is 0. The Labute approximate surface area is 170 Å². The lowest BCUT2D eigenvalue weighted by molar-refractivity contribution is -0.127. The number of hydrogen-bond donors (Lipinski definition) is 0. The fraction of sp³-hybridized carbons (Fsp3) is 0.409. The topological polar surface area (TPSA) is 51.0 Å². The minimum Gasteiger partial charge on any atom is -0.341 e. The van der Waals surface area contributed by atoms with E-state index in [0.29, 0.717) is 11.7 Å². The molecule has 3 aromatic rings. The van der Waals surface area contributed by atoms with Crippen LogP contribution in [-0.4, -0.2) is 44.2 Å². The molecule has 6 heteroatoms. The minimum absolute atomic E-state index is 0.213. The first-order chi connectivity index (χ1) is 13.6. The molecule has 1 saturated heterocycles. The number of nitrogens with zero attached hydrogens (tertiary/aromatic N) is 4. The van der Waals surface area contributed by atoms with Crippen molar-refractivity contribution < 1.29 is 4.79 Å². The number of imidazole rings is 1. The third kappa shape index (κ3) is 4.07. The third-order valence-corrected chi connectivity index (χ3v) is 6.14.